The van der Waals surface area contributed by atoms with E-state index in [4.69, 9.17) is 14.0 Å². The molecule has 1 saturated heterocycles. The van der Waals surface area contributed by atoms with Crippen molar-refractivity contribution in [1.82, 2.24) is 5.32 Å². The number of ether oxygens (including phenoxy) is 1. The summed E-state index contributed by atoms with van der Waals surface area (Å²) in [4.78, 5) is 12.2. The Morgan fingerprint density at radius 3 is 2.10 bits per heavy atom. The summed E-state index contributed by atoms with van der Waals surface area (Å²) >= 11 is 0. The van der Waals surface area contributed by atoms with E-state index in [-0.39, 0.29) is 6.54 Å². The van der Waals surface area contributed by atoms with Crippen molar-refractivity contribution in [3.63, 3.8) is 0 Å². The maximum atomic E-state index is 12.2. The van der Waals surface area contributed by atoms with Gasteiger partial charge in [0.05, 0.1) is 11.2 Å². The van der Waals surface area contributed by atoms with Gasteiger partial charge >= 0.3 is 13.2 Å². The lowest BCUT2D eigenvalue weighted by atomic mass is 9.77. The molecule has 6 heteroatoms. The van der Waals surface area contributed by atoms with Crippen molar-refractivity contribution in [1.29, 1.82) is 0 Å². The molecule has 0 atom stereocenters. The van der Waals surface area contributed by atoms with Gasteiger partial charge in [0.2, 0.25) is 0 Å². The molecule has 30 heavy (non-hydrogen) atoms. The molecule has 0 bridgehead atoms. The average molecular weight is 415 g/mol. The SMILES string of the molecule is CC(C)Cc1ccc(C=C(CNC(=O)OC(C)(C)C)B2OC(C)(C)C(C)(C)O2)cc1. The number of nitrogens with one attached hydrogen (secondary N) is 1. The molecule has 5 nitrogen and oxygen atoms in total. The summed E-state index contributed by atoms with van der Waals surface area (Å²) in [5.41, 5.74) is 1.73. The first-order valence-corrected chi connectivity index (χ1v) is 10.8. The second-order valence-electron chi connectivity index (χ2n) is 10.5. The van der Waals surface area contributed by atoms with Gasteiger partial charge in [-0.05, 0) is 77.4 Å². The fraction of sp³-hybridized carbons (Fsp3) is 0.625. The highest BCUT2D eigenvalue weighted by Crippen LogP contribution is 2.38. The molecule has 1 amide bonds. The monoisotopic (exact) mass is 415 g/mol. The standard InChI is InChI=1S/C24H38BNO4/c1-17(2)14-18-10-12-19(13-11-18)15-20(16-26-21(27)28-22(3,4)5)25-29-23(6,7)24(8,9)30-25/h10-13,15,17H,14,16H2,1-9H3,(H,26,27). The first-order chi connectivity index (χ1) is 13.7. The molecule has 1 N–H and O–H groups in total. The van der Waals surface area contributed by atoms with Gasteiger partial charge in [-0.1, -0.05) is 44.2 Å². The smallest absolute Gasteiger partial charge is 0.444 e. The summed E-state index contributed by atoms with van der Waals surface area (Å²) in [5.74, 6) is 0.615. The van der Waals surface area contributed by atoms with E-state index in [2.05, 4.69) is 43.4 Å². The fourth-order valence-corrected chi connectivity index (χ4v) is 3.12. The van der Waals surface area contributed by atoms with E-state index >= 15 is 0 Å². The number of hydrogen-bond donors (Lipinski definition) is 1. The molecule has 0 saturated carbocycles. The summed E-state index contributed by atoms with van der Waals surface area (Å²) < 4.78 is 17.8. The Kier molecular flexibility index (Phi) is 7.47. The lowest BCUT2D eigenvalue weighted by Gasteiger charge is -2.32. The third-order valence-electron chi connectivity index (χ3n) is 5.37. The Labute approximate surface area is 182 Å². The first-order valence-electron chi connectivity index (χ1n) is 10.8. The number of hydrogen-bond acceptors (Lipinski definition) is 4. The van der Waals surface area contributed by atoms with Crippen LogP contribution in [0.2, 0.25) is 0 Å². The van der Waals surface area contributed by atoms with Crippen LogP contribution in [0.15, 0.2) is 29.7 Å². The van der Waals surface area contributed by atoms with E-state index < -0.39 is 30.0 Å². The van der Waals surface area contributed by atoms with Gasteiger partial charge in [-0.2, -0.15) is 0 Å². The highest BCUT2D eigenvalue weighted by molar-refractivity contribution is 6.56. The van der Waals surface area contributed by atoms with E-state index in [1.165, 1.54) is 5.56 Å². The van der Waals surface area contributed by atoms with Crippen molar-refractivity contribution < 1.29 is 18.8 Å². The first kappa shape index (κ1) is 24.5. The predicted octanol–water partition coefficient (Wildman–Crippen LogP) is 5.42. The van der Waals surface area contributed by atoms with Crippen LogP contribution in [0.25, 0.3) is 6.08 Å². The van der Waals surface area contributed by atoms with Crippen LogP contribution in [0.5, 0.6) is 0 Å². The van der Waals surface area contributed by atoms with Crippen molar-refractivity contribution in [2.45, 2.75) is 85.5 Å². The van der Waals surface area contributed by atoms with Crippen molar-refractivity contribution in [2.24, 2.45) is 5.92 Å². The van der Waals surface area contributed by atoms with Crippen molar-refractivity contribution in [3.05, 3.63) is 40.9 Å². The average Bonchev–Trinajstić information content (AvgIpc) is 2.78. The van der Waals surface area contributed by atoms with Crippen LogP contribution in [-0.4, -0.2) is 36.6 Å². The molecular formula is C24H38BNO4. The van der Waals surface area contributed by atoms with Crippen molar-refractivity contribution >= 4 is 19.3 Å². The Morgan fingerprint density at radius 1 is 1.10 bits per heavy atom. The normalized spacial score (nSPS) is 18.6. The van der Waals surface area contributed by atoms with Gasteiger partial charge in [0.1, 0.15) is 5.60 Å². The Bertz CT molecular complexity index is 744. The Balaban J connectivity index is 2.23. The van der Waals surface area contributed by atoms with Crippen molar-refractivity contribution in [3.8, 4) is 0 Å². The zero-order chi connectivity index (χ0) is 22.7. The maximum absolute atomic E-state index is 12.2. The third-order valence-corrected chi connectivity index (χ3v) is 5.37. The quantitative estimate of drug-likeness (QED) is 0.630. The molecule has 0 spiro atoms. The van der Waals surface area contributed by atoms with Crippen LogP contribution >= 0.6 is 0 Å². The minimum atomic E-state index is -0.551. The number of carbonyl (C=O) groups excluding carboxylic acids is 1. The van der Waals surface area contributed by atoms with Crippen LogP contribution in [0, 0.1) is 5.92 Å². The van der Waals surface area contributed by atoms with Gasteiger partial charge in [-0.3, -0.25) is 0 Å². The number of carbonyl (C=O) groups is 1. The maximum Gasteiger partial charge on any atom is 0.492 e. The Hall–Kier alpha value is -1.79. The zero-order valence-corrected chi connectivity index (χ0v) is 20.1. The number of rotatable bonds is 6. The van der Waals surface area contributed by atoms with E-state index in [1.807, 2.05) is 54.5 Å². The number of alkyl carbamates (subject to hydrolysis) is 1. The topological polar surface area (TPSA) is 56.8 Å². The second-order valence-corrected chi connectivity index (χ2v) is 10.5. The van der Waals surface area contributed by atoms with E-state index in [9.17, 15) is 4.79 Å². The van der Waals surface area contributed by atoms with Crippen LogP contribution in [0.1, 0.15) is 73.4 Å². The molecule has 1 heterocycles. The highest BCUT2D eigenvalue weighted by atomic mass is 16.7. The fourth-order valence-electron chi connectivity index (χ4n) is 3.12. The van der Waals surface area contributed by atoms with Gasteiger partial charge in [-0.25, -0.2) is 4.79 Å². The molecule has 0 aromatic heterocycles. The van der Waals surface area contributed by atoms with Gasteiger partial charge in [-0.15, -0.1) is 0 Å². The molecule has 2 rings (SSSR count). The molecule has 1 aromatic rings. The minimum Gasteiger partial charge on any atom is -0.444 e. The molecule has 1 aliphatic rings. The van der Waals surface area contributed by atoms with Gasteiger partial charge in [0.15, 0.2) is 0 Å². The summed E-state index contributed by atoms with van der Waals surface area (Å²) in [7, 11) is -0.541. The third kappa shape index (κ3) is 6.88. The molecule has 1 aliphatic heterocycles. The van der Waals surface area contributed by atoms with Crippen LogP contribution < -0.4 is 5.32 Å². The molecule has 0 aliphatic carbocycles. The van der Waals surface area contributed by atoms with Gasteiger partial charge < -0.3 is 19.4 Å². The minimum absolute atomic E-state index is 0.277. The summed E-state index contributed by atoms with van der Waals surface area (Å²) in [6.45, 7) is 18.3. The Morgan fingerprint density at radius 2 is 1.63 bits per heavy atom. The van der Waals surface area contributed by atoms with E-state index in [1.54, 1.807) is 0 Å². The molecule has 0 unspecified atom stereocenters. The molecule has 166 valence electrons. The number of amides is 1. The lowest BCUT2D eigenvalue weighted by Crippen LogP contribution is -2.41. The van der Waals surface area contributed by atoms with Crippen LogP contribution in [0.4, 0.5) is 4.79 Å². The summed E-state index contributed by atoms with van der Waals surface area (Å²) in [6.07, 6.45) is 2.62. The largest absolute Gasteiger partial charge is 0.492 e. The van der Waals surface area contributed by atoms with Crippen LogP contribution in [0.3, 0.4) is 0 Å². The molecule has 1 aromatic carbocycles. The predicted molar refractivity (Wildman–Crippen MR) is 123 cm³/mol. The van der Waals surface area contributed by atoms with E-state index in [0.717, 1.165) is 17.5 Å². The second kappa shape index (κ2) is 9.15. The zero-order valence-electron chi connectivity index (χ0n) is 20.1. The summed E-state index contributed by atoms with van der Waals surface area (Å²) in [6, 6.07) is 8.48. The van der Waals surface area contributed by atoms with Crippen LogP contribution in [-0.2, 0) is 20.5 Å². The van der Waals surface area contributed by atoms with Gasteiger partial charge in [0.25, 0.3) is 0 Å². The highest BCUT2D eigenvalue weighted by Gasteiger charge is 2.52. The number of benzene rings is 1. The molecular weight excluding hydrogens is 377 g/mol. The lowest BCUT2D eigenvalue weighted by molar-refractivity contribution is 0.00578. The van der Waals surface area contributed by atoms with Gasteiger partial charge in [0, 0.05) is 6.54 Å². The van der Waals surface area contributed by atoms with Crippen molar-refractivity contribution in [2.75, 3.05) is 6.54 Å². The molecule has 1 fully saturated rings. The van der Waals surface area contributed by atoms with E-state index in [0.29, 0.717) is 5.92 Å². The summed E-state index contributed by atoms with van der Waals surface area (Å²) in [5, 5.41) is 2.84. The molecule has 0 radical (unpaired) electrons.